The number of carbonyl (C=O) groups is 2. The van der Waals surface area contributed by atoms with Crippen LogP contribution in [0.25, 0.3) is 0 Å². The van der Waals surface area contributed by atoms with Gasteiger partial charge in [-0.1, -0.05) is 12.1 Å². The number of aliphatic carboxylic acids is 1. The van der Waals surface area contributed by atoms with Crippen LogP contribution in [-0.4, -0.2) is 41.1 Å². The lowest BCUT2D eigenvalue weighted by molar-refractivity contribution is -0.148. The number of rotatable bonds is 6. The number of hydrogen-bond donors (Lipinski definition) is 1. The predicted octanol–water partition coefficient (Wildman–Crippen LogP) is 2.23. The fourth-order valence-corrected chi connectivity index (χ4v) is 2.58. The molecule has 1 aliphatic rings. The Kier molecular flexibility index (Phi) is 5.20. The number of nitrogens with zero attached hydrogens (tertiary/aromatic N) is 1. The van der Waals surface area contributed by atoms with E-state index in [4.69, 9.17) is 9.84 Å². The molecule has 0 saturated carbocycles. The highest BCUT2D eigenvalue weighted by atomic mass is 16.5. The van der Waals surface area contributed by atoms with E-state index in [1.165, 1.54) is 4.90 Å². The van der Waals surface area contributed by atoms with Crippen LogP contribution in [0.3, 0.4) is 0 Å². The van der Waals surface area contributed by atoms with Crippen LogP contribution >= 0.6 is 0 Å². The van der Waals surface area contributed by atoms with Gasteiger partial charge in [0.25, 0.3) is 0 Å². The Morgan fingerprint density at radius 2 is 2.24 bits per heavy atom. The maximum atomic E-state index is 12.0. The number of aryl methyl sites for hydroxylation is 1. The summed E-state index contributed by atoms with van der Waals surface area (Å²) in [6.45, 7) is 3.01. The SMILES string of the molecule is Cc1cccc(OCCCC(=O)N2CCC[C@@H]2C(=O)O)c1. The minimum Gasteiger partial charge on any atom is -0.494 e. The molecule has 1 aromatic carbocycles. The van der Waals surface area contributed by atoms with E-state index in [1.807, 2.05) is 31.2 Å². The van der Waals surface area contributed by atoms with Gasteiger partial charge < -0.3 is 14.7 Å². The number of carboxylic acids is 1. The molecule has 0 radical (unpaired) electrons. The Morgan fingerprint density at radius 1 is 1.43 bits per heavy atom. The second-order valence-corrected chi connectivity index (χ2v) is 5.35. The van der Waals surface area contributed by atoms with E-state index in [-0.39, 0.29) is 5.91 Å². The summed E-state index contributed by atoms with van der Waals surface area (Å²) in [5, 5.41) is 9.06. The van der Waals surface area contributed by atoms with E-state index in [1.54, 1.807) is 0 Å². The fourth-order valence-electron chi connectivity index (χ4n) is 2.58. The number of hydrogen-bond acceptors (Lipinski definition) is 3. The summed E-state index contributed by atoms with van der Waals surface area (Å²) in [5.41, 5.74) is 1.13. The van der Waals surface area contributed by atoms with E-state index in [2.05, 4.69) is 0 Å². The molecule has 1 heterocycles. The van der Waals surface area contributed by atoms with Crippen molar-refractivity contribution in [3.8, 4) is 5.75 Å². The molecule has 1 aromatic rings. The highest BCUT2D eigenvalue weighted by Gasteiger charge is 2.33. The first kappa shape index (κ1) is 15.4. The van der Waals surface area contributed by atoms with Crippen molar-refractivity contribution < 1.29 is 19.4 Å². The van der Waals surface area contributed by atoms with Crippen molar-refractivity contribution in [3.05, 3.63) is 29.8 Å². The van der Waals surface area contributed by atoms with Gasteiger partial charge in [0.2, 0.25) is 5.91 Å². The summed E-state index contributed by atoms with van der Waals surface area (Å²) in [5.74, 6) is -0.198. The van der Waals surface area contributed by atoms with Crippen molar-refractivity contribution >= 4 is 11.9 Å². The van der Waals surface area contributed by atoms with Crippen LogP contribution in [0, 0.1) is 6.92 Å². The van der Waals surface area contributed by atoms with E-state index in [9.17, 15) is 9.59 Å². The first-order valence-corrected chi connectivity index (χ1v) is 7.29. The van der Waals surface area contributed by atoms with Crippen molar-refractivity contribution in [1.82, 2.24) is 4.90 Å². The molecule has 1 aliphatic heterocycles. The normalized spacial score (nSPS) is 17.8. The minimum atomic E-state index is -0.906. The summed E-state index contributed by atoms with van der Waals surface area (Å²) in [6.07, 6.45) is 2.24. The predicted molar refractivity (Wildman–Crippen MR) is 78.3 cm³/mol. The van der Waals surface area contributed by atoms with Gasteiger partial charge >= 0.3 is 5.97 Å². The zero-order valence-corrected chi connectivity index (χ0v) is 12.2. The molecule has 1 atom stereocenters. The van der Waals surface area contributed by atoms with E-state index >= 15 is 0 Å². The third kappa shape index (κ3) is 4.21. The molecule has 5 nitrogen and oxygen atoms in total. The Morgan fingerprint density at radius 3 is 2.95 bits per heavy atom. The van der Waals surface area contributed by atoms with Crippen LogP contribution in [0.1, 0.15) is 31.2 Å². The Bertz CT molecular complexity index is 515. The summed E-state index contributed by atoms with van der Waals surface area (Å²) in [7, 11) is 0. The lowest BCUT2D eigenvalue weighted by atomic mass is 10.2. The van der Waals surface area contributed by atoms with Gasteiger partial charge in [-0.15, -0.1) is 0 Å². The summed E-state index contributed by atoms with van der Waals surface area (Å²) >= 11 is 0. The molecular weight excluding hydrogens is 270 g/mol. The second-order valence-electron chi connectivity index (χ2n) is 5.35. The number of benzene rings is 1. The monoisotopic (exact) mass is 291 g/mol. The van der Waals surface area contributed by atoms with Crippen molar-refractivity contribution in [2.75, 3.05) is 13.2 Å². The zero-order valence-electron chi connectivity index (χ0n) is 12.2. The minimum absolute atomic E-state index is 0.0901. The van der Waals surface area contributed by atoms with Crippen LogP contribution in [0.15, 0.2) is 24.3 Å². The summed E-state index contributed by atoms with van der Waals surface area (Å²) in [6, 6.07) is 7.11. The largest absolute Gasteiger partial charge is 0.494 e. The summed E-state index contributed by atoms with van der Waals surface area (Å²) < 4.78 is 5.59. The van der Waals surface area contributed by atoms with Gasteiger partial charge in [0.1, 0.15) is 11.8 Å². The van der Waals surface area contributed by atoms with Crippen molar-refractivity contribution in [1.29, 1.82) is 0 Å². The van der Waals surface area contributed by atoms with Crippen LogP contribution in [0.2, 0.25) is 0 Å². The molecule has 0 aromatic heterocycles. The highest BCUT2D eigenvalue weighted by molar-refractivity contribution is 5.84. The Hall–Kier alpha value is -2.04. The first-order valence-electron chi connectivity index (χ1n) is 7.29. The van der Waals surface area contributed by atoms with Gasteiger partial charge in [-0.3, -0.25) is 4.79 Å². The van der Waals surface area contributed by atoms with Gasteiger partial charge in [-0.2, -0.15) is 0 Å². The van der Waals surface area contributed by atoms with Crippen LogP contribution in [0.4, 0.5) is 0 Å². The van der Waals surface area contributed by atoms with E-state index in [0.29, 0.717) is 32.4 Å². The highest BCUT2D eigenvalue weighted by Crippen LogP contribution is 2.19. The molecule has 0 bridgehead atoms. The van der Waals surface area contributed by atoms with Gasteiger partial charge in [0, 0.05) is 13.0 Å². The Labute approximate surface area is 124 Å². The summed E-state index contributed by atoms with van der Waals surface area (Å²) in [4.78, 5) is 24.6. The first-order chi connectivity index (χ1) is 10.1. The average Bonchev–Trinajstić information content (AvgIpc) is 2.93. The van der Waals surface area contributed by atoms with Crippen LogP contribution in [-0.2, 0) is 9.59 Å². The molecule has 0 aliphatic carbocycles. The van der Waals surface area contributed by atoms with E-state index in [0.717, 1.165) is 17.7 Å². The maximum Gasteiger partial charge on any atom is 0.326 e. The maximum absolute atomic E-state index is 12.0. The molecule has 1 fully saturated rings. The van der Waals surface area contributed by atoms with Crippen molar-refractivity contribution in [2.24, 2.45) is 0 Å². The quantitative estimate of drug-likeness (QED) is 0.816. The molecular formula is C16H21NO4. The molecule has 1 amide bonds. The number of carbonyl (C=O) groups excluding carboxylic acids is 1. The van der Waals surface area contributed by atoms with Gasteiger partial charge in [0.15, 0.2) is 0 Å². The lowest BCUT2D eigenvalue weighted by Crippen LogP contribution is -2.40. The third-order valence-corrected chi connectivity index (χ3v) is 3.65. The van der Waals surface area contributed by atoms with Gasteiger partial charge in [-0.25, -0.2) is 4.79 Å². The average molecular weight is 291 g/mol. The van der Waals surface area contributed by atoms with E-state index < -0.39 is 12.0 Å². The second kappa shape index (κ2) is 7.11. The van der Waals surface area contributed by atoms with Gasteiger partial charge in [-0.05, 0) is 43.9 Å². The third-order valence-electron chi connectivity index (χ3n) is 3.65. The fraction of sp³-hybridized carbons (Fsp3) is 0.500. The molecule has 21 heavy (non-hydrogen) atoms. The smallest absolute Gasteiger partial charge is 0.326 e. The molecule has 2 rings (SSSR count). The number of carboxylic acid groups (broad SMARTS) is 1. The lowest BCUT2D eigenvalue weighted by Gasteiger charge is -2.21. The molecule has 1 N–H and O–H groups in total. The molecule has 114 valence electrons. The van der Waals surface area contributed by atoms with Crippen LogP contribution < -0.4 is 4.74 Å². The zero-order chi connectivity index (χ0) is 15.2. The van der Waals surface area contributed by atoms with Gasteiger partial charge in [0.05, 0.1) is 6.61 Å². The Balaban J connectivity index is 1.73. The molecule has 0 unspecified atom stereocenters. The number of likely N-dealkylation sites (tertiary alicyclic amines) is 1. The molecule has 5 heteroatoms. The van der Waals surface area contributed by atoms with Crippen molar-refractivity contribution in [2.45, 2.75) is 38.6 Å². The number of ether oxygens (including phenoxy) is 1. The molecule has 1 saturated heterocycles. The number of amides is 1. The standard InChI is InChI=1S/C16H21NO4/c1-12-5-2-6-13(11-12)21-10-4-8-15(18)17-9-3-7-14(17)16(19)20/h2,5-6,11,14H,3-4,7-10H2,1H3,(H,19,20)/t14-/m1/s1. The molecule has 0 spiro atoms. The van der Waals surface area contributed by atoms with Crippen LogP contribution in [0.5, 0.6) is 5.75 Å². The topological polar surface area (TPSA) is 66.8 Å². The van der Waals surface area contributed by atoms with Crippen molar-refractivity contribution in [3.63, 3.8) is 0 Å².